The summed E-state index contributed by atoms with van der Waals surface area (Å²) in [5, 5.41) is 14.7. The Balaban J connectivity index is 1.35. The van der Waals surface area contributed by atoms with Gasteiger partial charge in [-0.05, 0) is 55.4 Å². The van der Waals surface area contributed by atoms with Crippen molar-refractivity contribution < 1.29 is 9.47 Å². The Bertz CT molecular complexity index is 1240. The number of benzene rings is 2. The Morgan fingerprint density at radius 2 is 1.94 bits per heavy atom. The van der Waals surface area contributed by atoms with E-state index in [0.29, 0.717) is 22.9 Å². The highest BCUT2D eigenvalue weighted by Crippen LogP contribution is 2.37. The predicted molar refractivity (Wildman–Crippen MR) is 128 cm³/mol. The van der Waals surface area contributed by atoms with E-state index in [9.17, 15) is 5.26 Å². The summed E-state index contributed by atoms with van der Waals surface area (Å²) in [5.41, 5.74) is 3.54. The second-order valence-corrected chi connectivity index (χ2v) is 8.38. The molecule has 1 aromatic heterocycles. The van der Waals surface area contributed by atoms with Crippen LogP contribution in [0, 0.1) is 18.3 Å². The van der Waals surface area contributed by atoms with Gasteiger partial charge in [0.25, 0.3) is 0 Å². The lowest BCUT2D eigenvalue weighted by atomic mass is 10.1. The number of nitriles is 1. The molecule has 1 saturated heterocycles. The number of anilines is 2. The molecule has 0 radical (unpaired) electrons. The second-order valence-electron chi connectivity index (χ2n) is 8.00. The number of hydrogen-bond acceptors (Lipinski definition) is 6. The van der Waals surface area contributed by atoms with Crippen molar-refractivity contribution in [2.75, 3.05) is 43.2 Å². The number of thiocarbonyl (C=S) groups is 1. The molecule has 7 nitrogen and oxygen atoms in total. The second kappa shape index (κ2) is 8.52. The van der Waals surface area contributed by atoms with Crippen LogP contribution < -0.4 is 19.7 Å². The molecule has 3 heterocycles. The summed E-state index contributed by atoms with van der Waals surface area (Å²) in [5.74, 6) is 2.09. The van der Waals surface area contributed by atoms with Gasteiger partial charge in [0.15, 0.2) is 16.6 Å². The van der Waals surface area contributed by atoms with Gasteiger partial charge < -0.3 is 24.6 Å². The summed E-state index contributed by atoms with van der Waals surface area (Å²) in [6, 6.07) is 16.2. The van der Waals surface area contributed by atoms with Crippen LogP contribution in [0.15, 0.2) is 42.5 Å². The number of rotatable bonds is 2. The van der Waals surface area contributed by atoms with Crippen LogP contribution in [0.5, 0.6) is 11.5 Å². The summed E-state index contributed by atoms with van der Waals surface area (Å²) in [6.45, 7) is 5.41. The maximum Gasteiger partial charge on any atom is 0.231 e. The lowest BCUT2D eigenvalue weighted by Gasteiger charge is -2.25. The fourth-order valence-corrected chi connectivity index (χ4v) is 4.44. The van der Waals surface area contributed by atoms with Crippen LogP contribution >= 0.6 is 12.2 Å². The maximum atomic E-state index is 9.79. The number of ether oxygens (including phenoxy) is 2. The van der Waals surface area contributed by atoms with E-state index in [-0.39, 0.29) is 6.79 Å². The van der Waals surface area contributed by atoms with Crippen LogP contribution in [0.1, 0.15) is 17.5 Å². The average molecular weight is 446 g/mol. The molecular formula is C24H23N5O2S. The minimum absolute atomic E-state index is 0.210. The molecule has 2 aromatic carbocycles. The van der Waals surface area contributed by atoms with Crippen LogP contribution in [0.4, 0.5) is 11.5 Å². The SMILES string of the molecule is Cc1cccc(NC(=S)N2CCCN(c3nc4cc5c(cc4cc3C#N)OCO5)CC2)c1. The van der Waals surface area contributed by atoms with Crippen LogP contribution in [0.2, 0.25) is 0 Å². The number of pyridine rings is 1. The summed E-state index contributed by atoms with van der Waals surface area (Å²) < 4.78 is 11.0. The first-order valence-corrected chi connectivity index (χ1v) is 11.0. The van der Waals surface area contributed by atoms with Gasteiger partial charge in [0.2, 0.25) is 6.79 Å². The average Bonchev–Trinajstić information content (AvgIpc) is 3.09. The van der Waals surface area contributed by atoms with E-state index in [1.807, 2.05) is 30.3 Å². The molecule has 0 bridgehead atoms. The molecule has 3 aromatic rings. The highest BCUT2D eigenvalue weighted by atomic mass is 32.1. The quantitative estimate of drug-likeness (QED) is 0.592. The highest BCUT2D eigenvalue weighted by molar-refractivity contribution is 7.80. The third-order valence-corrected chi connectivity index (χ3v) is 6.12. The molecule has 0 saturated carbocycles. The van der Waals surface area contributed by atoms with E-state index in [4.69, 9.17) is 26.7 Å². The zero-order chi connectivity index (χ0) is 22.1. The molecule has 0 unspecified atom stereocenters. The summed E-state index contributed by atoms with van der Waals surface area (Å²) in [6.07, 6.45) is 0.918. The molecular weight excluding hydrogens is 422 g/mol. The molecule has 162 valence electrons. The van der Waals surface area contributed by atoms with Gasteiger partial charge in [-0.3, -0.25) is 0 Å². The molecule has 8 heteroatoms. The van der Waals surface area contributed by atoms with Crippen LogP contribution in [-0.2, 0) is 0 Å². The monoisotopic (exact) mass is 445 g/mol. The summed E-state index contributed by atoms with van der Waals surface area (Å²) in [4.78, 5) is 9.20. The van der Waals surface area contributed by atoms with Gasteiger partial charge in [-0.15, -0.1) is 0 Å². The first-order chi connectivity index (χ1) is 15.6. The van der Waals surface area contributed by atoms with E-state index in [1.165, 1.54) is 5.56 Å². The molecule has 1 fully saturated rings. The third-order valence-electron chi connectivity index (χ3n) is 5.76. The standard InChI is InChI=1S/C24H23N5O2S/c1-16-4-2-5-19(10-16)26-24(32)29-7-3-6-28(8-9-29)23-18(14-25)11-17-12-21-22(31-15-30-21)13-20(17)27-23/h2,4-5,10-13H,3,6-9,15H2,1H3,(H,26,32). The van der Waals surface area contributed by atoms with E-state index >= 15 is 0 Å². The van der Waals surface area contributed by atoms with Gasteiger partial charge in [0.05, 0.1) is 11.1 Å². The zero-order valence-electron chi connectivity index (χ0n) is 17.8. The molecule has 2 aliphatic heterocycles. The van der Waals surface area contributed by atoms with Crippen molar-refractivity contribution in [3.05, 3.63) is 53.6 Å². The normalized spacial score (nSPS) is 15.4. The van der Waals surface area contributed by atoms with Crippen molar-refractivity contribution in [1.29, 1.82) is 5.26 Å². The Labute approximate surface area is 192 Å². The summed E-state index contributed by atoms with van der Waals surface area (Å²) in [7, 11) is 0. The third kappa shape index (κ3) is 3.99. The minimum Gasteiger partial charge on any atom is -0.454 e. The van der Waals surface area contributed by atoms with Crippen molar-refractivity contribution >= 4 is 39.7 Å². The van der Waals surface area contributed by atoms with Crippen LogP contribution in [0.25, 0.3) is 10.9 Å². The number of nitrogens with one attached hydrogen (secondary N) is 1. The van der Waals surface area contributed by atoms with Crippen molar-refractivity contribution in [2.45, 2.75) is 13.3 Å². The fraction of sp³-hybridized carbons (Fsp3) is 0.292. The van der Waals surface area contributed by atoms with E-state index in [2.05, 4.69) is 40.2 Å². The Morgan fingerprint density at radius 3 is 2.75 bits per heavy atom. The van der Waals surface area contributed by atoms with Gasteiger partial charge in [0.1, 0.15) is 11.9 Å². The maximum absolute atomic E-state index is 9.79. The molecule has 32 heavy (non-hydrogen) atoms. The number of hydrogen-bond donors (Lipinski definition) is 1. The number of aryl methyl sites for hydroxylation is 1. The Kier molecular flexibility index (Phi) is 5.41. The van der Waals surface area contributed by atoms with Gasteiger partial charge in [-0.2, -0.15) is 5.26 Å². The van der Waals surface area contributed by atoms with Gasteiger partial charge >= 0.3 is 0 Å². The molecule has 5 rings (SSSR count). The molecule has 0 amide bonds. The Hall–Kier alpha value is -3.57. The van der Waals surface area contributed by atoms with Crippen molar-refractivity contribution in [3.63, 3.8) is 0 Å². The molecule has 1 N–H and O–H groups in total. The van der Waals surface area contributed by atoms with Gasteiger partial charge in [-0.1, -0.05) is 12.1 Å². The van der Waals surface area contributed by atoms with Gasteiger partial charge in [0, 0.05) is 43.3 Å². The van der Waals surface area contributed by atoms with E-state index in [1.54, 1.807) is 0 Å². The highest BCUT2D eigenvalue weighted by Gasteiger charge is 2.22. The number of fused-ring (bicyclic) bond motifs is 2. The van der Waals surface area contributed by atoms with E-state index in [0.717, 1.165) is 54.3 Å². The molecule has 0 spiro atoms. The topological polar surface area (TPSA) is 73.7 Å². The molecule has 2 aliphatic rings. The van der Waals surface area contributed by atoms with Crippen molar-refractivity contribution in [3.8, 4) is 17.6 Å². The van der Waals surface area contributed by atoms with Crippen LogP contribution in [-0.4, -0.2) is 48.0 Å². The molecule has 0 atom stereocenters. The smallest absolute Gasteiger partial charge is 0.231 e. The molecule has 0 aliphatic carbocycles. The Morgan fingerprint density at radius 1 is 1.09 bits per heavy atom. The van der Waals surface area contributed by atoms with Gasteiger partial charge in [-0.25, -0.2) is 4.98 Å². The first kappa shape index (κ1) is 20.3. The lowest BCUT2D eigenvalue weighted by molar-refractivity contribution is 0.174. The number of aromatic nitrogens is 1. The fourth-order valence-electron chi connectivity index (χ4n) is 4.13. The number of nitrogens with zero attached hydrogens (tertiary/aromatic N) is 4. The van der Waals surface area contributed by atoms with E-state index < -0.39 is 0 Å². The first-order valence-electron chi connectivity index (χ1n) is 10.6. The zero-order valence-corrected chi connectivity index (χ0v) is 18.6. The predicted octanol–water partition coefficient (Wildman–Crippen LogP) is 4.05. The van der Waals surface area contributed by atoms with Crippen molar-refractivity contribution in [1.82, 2.24) is 9.88 Å². The van der Waals surface area contributed by atoms with Crippen LogP contribution in [0.3, 0.4) is 0 Å². The lowest BCUT2D eigenvalue weighted by Crippen LogP contribution is -2.38. The minimum atomic E-state index is 0.210. The largest absolute Gasteiger partial charge is 0.454 e. The summed E-state index contributed by atoms with van der Waals surface area (Å²) >= 11 is 5.67. The van der Waals surface area contributed by atoms with Crippen molar-refractivity contribution in [2.24, 2.45) is 0 Å².